The maximum Gasteiger partial charge on any atom is 0.295 e. The van der Waals surface area contributed by atoms with Gasteiger partial charge in [-0.1, -0.05) is 66.9 Å². The lowest BCUT2D eigenvalue weighted by Gasteiger charge is -2.27. The molecule has 2 aromatic rings. The van der Waals surface area contributed by atoms with Crippen LogP contribution in [0.25, 0.3) is 5.76 Å². The standard InChI is InChI=1S/C28H35BrN2O4/c1-3-5-16-30(17-6-4-2)18-7-19-31-25(20-10-14-23(32)15-11-20)24(27(34)28(31)35)26(33)21-8-12-22(29)13-9-21/h8-15,25,32-33H,3-7,16-19H2,1-2H3/t25-/m1/s1. The Bertz CT molecular complexity index is 1030. The van der Waals surface area contributed by atoms with Crippen LogP contribution in [0.5, 0.6) is 5.75 Å². The first-order valence-electron chi connectivity index (χ1n) is 12.4. The van der Waals surface area contributed by atoms with E-state index in [1.54, 1.807) is 41.3 Å². The molecular weight excluding hydrogens is 508 g/mol. The Hall–Kier alpha value is -2.64. The molecule has 188 valence electrons. The molecule has 1 heterocycles. The van der Waals surface area contributed by atoms with E-state index in [9.17, 15) is 19.8 Å². The van der Waals surface area contributed by atoms with Crippen LogP contribution in [0.3, 0.4) is 0 Å². The van der Waals surface area contributed by atoms with Gasteiger partial charge in [0, 0.05) is 16.6 Å². The second-order valence-electron chi connectivity index (χ2n) is 8.99. The van der Waals surface area contributed by atoms with Crippen molar-refractivity contribution in [3.63, 3.8) is 0 Å². The molecule has 1 saturated heterocycles. The minimum atomic E-state index is -0.709. The molecule has 7 heteroatoms. The maximum absolute atomic E-state index is 13.1. The molecule has 1 fully saturated rings. The van der Waals surface area contributed by atoms with Crippen molar-refractivity contribution < 1.29 is 19.8 Å². The molecule has 1 aliphatic heterocycles. The SMILES string of the molecule is CCCCN(CCCC)CCCN1C(=O)C(=O)C(=C(O)c2ccc(Br)cc2)[C@H]1c1ccc(O)cc1. The van der Waals surface area contributed by atoms with E-state index in [0.717, 1.165) is 56.2 Å². The number of unbranched alkanes of at least 4 members (excludes halogenated alkanes) is 2. The lowest BCUT2D eigenvalue weighted by Crippen LogP contribution is -2.34. The van der Waals surface area contributed by atoms with E-state index in [2.05, 4.69) is 34.7 Å². The van der Waals surface area contributed by atoms with E-state index in [0.29, 0.717) is 17.7 Å². The van der Waals surface area contributed by atoms with Crippen molar-refractivity contribution in [3.05, 3.63) is 69.7 Å². The van der Waals surface area contributed by atoms with Crippen molar-refractivity contribution in [3.8, 4) is 5.75 Å². The lowest BCUT2D eigenvalue weighted by molar-refractivity contribution is -0.140. The minimum absolute atomic E-state index is 0.0804. The van der Waals surface area contributed by atoms with Crippen molar-refractivity contribution in [2.75, 3.05) is 26.2 Å². The summed E-state index contributed by atoms with van der Waals surface area (Å²) >= 11 is 3.38. The van der Waals surface area contributed by atoms with Gasteiger partial charge in [0.15, 0.2) is 0 Å². The summed E-state index contributed by atoms with van der Waals surface area (Å²) in [5.41, 5.74) is 1.23. The predicted octanol–water partition coefficient (Wildman–Crippen LogP) is 5.87. The normalized spacial score (nSPS) is 17.5. The van der Waals surface area contributed by atoms with Gasteiger partial charge in [-0.25, -0.2) is 0 Å². The summed E-state index contributed by atoms with van der Waals surface area (Å²) in [6.07, 6.45) is 5.26. The zero-order valence-corrected chi connectivity index (χ0v) is 22.1. The summed E-state index contributed by atoms with van der Waals surface area (Å²) in [5.74, 6) is -1.38. The van der Waals surface area contributed by atoms with Gasteiger partial charge < -0.3 is 20.0 Å². The summed E-state index contributed by atoms with van der Waals surface area (Å²) in [4.78, 5) is 30.3. The van der Waals surface area contributed by atoms with Gasteiger partial charge in [0.05, 0.1) is 11.6 Å². The molecule has 1 aliphatic rings. The van der Waals surface area contributed by atoms with Gasteiger partial charge in [0.25, 0.3) is 11.7 Å². The molecule has 0 unspecified atom stereocenters. The summed E-state index contributed by atoms with van der Waals surface area (Å²) < 4.78 is 0.847. The van der Waals surface area contributed by atoms with E-state index in [1.165, 1.54) is 12.1 Å². The topological polar surface area (TPSA) is 81.1 Å². The van der Waals surface area contributed by atoms with E-state index in [-0.39, 0.29) is 17.1 Å². The number of carbonyl (C=O) groups is 2. The van der Waals surface area contributed by atoms with Crippen LogP contribution in [0.4, 0.5) is 0 Å². The number of benzene rings is 2. The van der Waals surface area contributed by atoms with Gasteiger partial charge in [0.1, 0.15) is 11.5 Å². The first-order valence-corrected chi connectivity index (χ1v) is 13.2. The van der Waals surface area contributed by atoms with Gasteiger partial charge in [-0.15, -0.1) is 0 Å². The van der Waals surface area contributed by atoms with Crippen molar-refractivity contribution >= 4 is 33.4 Å². The molecule has 0 aromatic heterocycles. The first-order chi connectivity index (χ1) is 16.9. The number of phenolic OH excluding ortho intramolecular Hbond substituents is 1. The summed E-state index contributed by atoms with van der Waals surface area (Å²) in [6.45, 7) is 7.67. The molecule has 0 aliphatic carbocycles. The number of amides is 1. The molecule has 6 nitrogen and oxygen atoms in total. The van der Waals surface area contributed by atoms with Gasteiger partial charge >= 0.3 is 0 Å². The smallest absolute Gasteiger partial charge is 0.295 e. The van der Waals surface area contributed by atoms with Gasteiger partial charge in [-0.2, -0.15) is 0 Å². The molecule has 0 spiro atoms. The Balaban J connectivity index is 1.90. The van der Waals surface area contributed by atoms with E-state index in [1.807, 2.05) is 0 Å². The number of nitrogens with zero attached hydrogens (tertiary/aromatic N) is 2. The molecule has 0 radical (unpaired) electrons. The number of carbonyl (C=O) groups excluding carboxylic acids is 2. The summed E-state index contributed by atoms with van der Waals surface area (Å²) in [7, 11) is 0. The maximum atomic E-state index is 13.1. The third-order valence-corrected chi connectivity index (χ3v) is 6.92. The van der Waals surface area contributed by atoms with Crippen LogP contribution in [-0.4, -0.2) is 57.9 Å². The van der Waals surface area contributed by atoms with Crippen LogP contribution >= 0.6 is 15.9 Å². The molecule has 0 bridgehead atoms. The number of Topliss-reactive ketones (excluding diaryl/α,β-unsaturated/α-hetero) is 1. The Labute approximate surface area is 216 Å². The predicted molar refractivity (Wildman–Crippen MR) is 142 cm³/mol. The highest BCUT2D eigenvalue weighted by Gasteiger charge is 2.45. The van der Waals surface area contributed by atoms with Crippen LogP contribution in [0, 0.1) is 0 Å². The van der Waals surface area contributed by atoms with Crippen molar-refractivity contribution in [2.24, 2.45) is 0 Å². The number of hydrogen-bond donors (Lipinski definition) is 2. The Morgan fingerprint density at radius 2 is 1.49 bits per heavy atom. The Morgan fingerprint density at radius 3 is 2.06 bits per heavy atom. The fourth-order valence-electron chi connectivity index (χ4n) is 4.44. The molecule has 2 N–H and O–H groups in total. The monoisotopic (exact) mass is 542 g/mol. The number of aromatic hydroxyl groups is 1. The minimum Gasteiger partial charge on any atom is -0.508 e. The van der Waals surface area contributed by atoms with Crippen LogP contribution in [0.1, 0.15) is 63.1 Å². The highest BCUT2D eigenvalue weighted by atomic mass is 79.9. The largest absolute Gasteiger partial charge is 0.508 e. The molecule has 2 aromatic carbocycles. The highest BCUT2D eigenvalue weighted by Crippen LogP contribution is 2.40. The molecule has 35 heavy (non-hydrogen) atoms. The quantitative estimate of drug-likeness (QED) is 0.199. The Kier molecular flexibility index (Phi) is 9.93. The molecule has 0 saturated carbocycles. The van der Waals surface area contributed by atoms with Gasteiger partial charge in [-0.3, -0.25) is 9.59 Å². The van der Waals surface area contributed by atoms with Crippen molar-refractivity contribution in [2.45, 2.75) is 52.0 Å². The number of halogens is 1. The number of aliphatic hydroxyl groups excluding tert-OH is 1. The van der Waals surface area contributed by atoms with Crippen molar-refractivity contribution in [1.29, 1.82) is 0 Å². The zero-order chi connectivity index (χ0) is 25.4. The molecule has 1 amide bonds. The fourth-order valence-corrected chi connectivity index (χ4v) is 4.70. The Morgan fingerprint density at radius 1 is 0.914 bits per heavy atom. The van der Waals surface area contributed by atoms with E-state index < -0.39 is 17.7 Å². The number of likely N-dealkylation sites (tertiary alicyclic amines) is 1. The van der Waals surface area contributed by atoms with Gasteiger partial charge in [-0.05, 0) is 68.7 Å². The number of rotatable bonds is 12. The first kappa shape index (κ1) is 27.0. The highest BCUT2D eigenvalue weighted by molar-refractivity contribution is 9.10. The molecular formula is C28H35BrN2O4. The number of hydrogen-bond acceptors (Lipinski definition) is 5. The second kappa shape index (κ2) is 12.9. The molecule has 3 rings (SSSR count). The average molecular weight is 544 g/mol. The average Bonchev–Trinajstić information content (AvgIpc) is 3.10. The van der Waals surface area contributed by atoms with Crippen LogP contribution in [0.15, 0.2) is 58.6 Å². The fraction of sp³-hybridized carbons (Fsp3) is 0.429. The van der Waals surface area contributed by atoms with Crippen LogP contribution in [0.2, 0.25) is 0 Å². The molecule has 1 atom stereocenters. The van der Waals surface area contributed by atoms with Crippen molar-refractivity contribution in [1.82, 2.24) is 9.80 Å². The number of aliphatic hydroxyl groups is 1. The summed E-state index contributed by atoms with van der Waals surface area (Å²) in [5, 5.41) is 20.9. The van der Waals surface area contributed by atoms with Gasteiger partial charge in [0.2, 0.25) is 0 Å². The second-order valence-corrected chi connectivity index (χ2v) is 9.91. The van der Waals surface area contributed by atoms with Crippen LogP contribution < -0.4 is 0 Å². The summed E-state index contributed by atoms with van der Waals surface area (Å²) in [6, 6.07) is 12.7. The third kappa shape index (κ3) is 6.73. The third-order valence-electron chi connectivity index (χ3n) is 6.40. The zero-order valence-electron chi connectivity index (χ0n) is 20.5. The number of phenols is 1. The van der Waals surface area contributed by atoms with Crippen LogP contribution in [-0.2, 0) is 9.59 Å². The van der Waals surface area contributed by atoms with E-state index >= 15 is 0 Å². The van der Waals surface area contributed by atoms with E-state index in [4.69, 9.17) is 0 Å². The lowest BCUT2D eigenvalue weighted by atomic mass is 9.95. The number of ketones is 1.